The Morgan fingerprint density at radius 3 is 2.79 bits per heavy atom. The van der Waals surface area contributed by atoms with E-state index in [-0.39, 0.29) is 10.7 Å². The molecule has 4 rings (SSSR count). The van der Waals surface area contributed by atoms with Gasteiger partial charge < -0.3 is 9.52 Å². The van der Waals surface area contributed by atoms with Crippen molar-refractivity contribution in [1.29, 1.82) is 0 Å². The van der Waals surface area contributed by atoms with Crippen molar-refractivity contribution in [3.63, 3.8) is 0 Å². The molecule has 1 aromatic heterocycles. The normalized spacial score (nSPS) is 11.6. The summed E-state index contributed by atoms with van der Waals surface area (Å²) in [7, 11) is 0. The maximum atomic E-state index is 11.5. The van der Waals surface area contributed by atoms with Crippen molar-refractivity contribution in [3.05, 3.63) is 52.2 Å². The van der Waals surface area contributed by atoms with E-state index in [1.54, 1.807) is 6.07 Å². The summed E-state index contributed by atoms with van der Waals surface area (Å²) in [6.07, 6.45) is 0. The molecule has 92 valence electrons. The molecule has 1 heterocycles. The lowest BCUT2D eigenvalue weighted by atomic mass is 10.0. The fourth-order valence-corrected chi connectivity index (χ4v) is 3.20. The van der Waals surface area contributed by atoms with E-state index in [9.17, 15) is 9.90 Å². The van der Waals surface area contributed by atoms with Gasteiger partial charge in [0.15, 0.2) is 5.58 Å². The minimum Gasteiger partial charge on any atom is -0.507 e. The fraction of sp³-hybridized carbons (Fsp3) is 0. The molecule has 3 aromatic carbocycles. The van der Waals surface area contributed by atoms with Gasteiger partial charge in [0.25, 0.3) is 0 Å². The SMILES string of the molecule is O=c1oc2c(cc(O)c3ccc4ccccc4c32)s1. The average molecular weight is 268 g/mol. The number of hydrogen-bond donors (Lipinski definition) is 1. The van der Waals surface area contributed by atoms with Crippen molar-refractivity contribution in [2.24, 2.45) is 0 Å². The maximum absolute atomic E-state index is 11.5. The van der Waals surface area contributed by atoms with E-state index < -0.39 is 0 Å². The summed E-state index contributed by atoms with van der Waals surface area (Å²) in [5.41, 5.74) is 0.555. The predicted octanol–water partition coefficient (Wildman–Crippen LogP) is 3.87. The van der Waals surface area contributed by atoms with E-state index in [2.05, 4.69) is 0 Å². The molecule has 0 aliphatic carbocycles. The van der Waals surface area contributed by atoms with Crippen LogP contribution in [0.3, 0.4) is 0 Å². The van der Waals surface area contributed by atoms with E-state index in [1.165, 1.54) is 0 Å². The zero-order valence-corrected chi connectivity index (χ0v) is 10.5. The molecule has 0 bridgehead atoms. The van der Waals surface area contributed by atoms with E-state index in [1.807, 2.05) is 36.4 Å². The summed E-state index contributed by atoms with van der Waals surface area (Å²) in [5.74, 6) is 0.172. The molecule has 0 aliphatic rings. The topological polar surface area (TPSA) is 50.4 Å². The molecule has 0 saturated heterocycles. The zero-order valence-electron chi connectivity index (χ0n) is 9.71. The molecule has 0 fully saturated rings. The van der Waals surface area contributed by atoms with Gasteiger partial charge in [0.05, 0.1) is 4.70 Å². The van der Waals surface area contributed by atoms with Gasteiger partial charge in [-0.15, -0.1) is 0 Å². The smallest absolute Gasteiger partial charge is 0.396 e. The number of fused-ring (bicyclic) bond motifs is 5. The molecular weight excluding hydrogens is 260 g/mol. The second-order valence-corrected chi connectivity index (χ2v) is 5.36. The molecule has 19 heavy (non-hydrogen) atoms. The Kier molecular flexibility index (Phi) is 2.00. The van der Waals surface area contributed by atoms with Crippen molar-refractivity contribution in [2.45, 2.75) is 0 Å². The quantitative estimate of drug-likeness (QED) is 0.492. The van der Waals surface area contributed by atoms with Crippen LogP contribution in [0.25, 0.3) is 31.8 Å². The lowest BCUT2D eigenvalue weighted by molar-refractivity contribution is 0.482. The number of benzene rings is 3. The number of aromatic hydroxyl groups is 1. The summed E-state index contributed by atoms with van der Waals surface area (Å²) in [5, 5.41) is 13.6. The largest absolute Gasteiger partial charge is 0.507 e. The summed E-state index contributed by atoms with van der Waals surface area (Å²) in [4.78, 5) is 11.1. The van der Waals surface area contributed by atoms with E-state index in [4.69, 9.17) is 4.42 Å². The monoisotopic (exact) mass is 268 g/mol. The predicted molar refractivity (Wildman–Crippen MR) is 77.0 cm³/mol. The van der Waals surface area contributed by atoms with Gasteiger partial charge in [-0.25, -0.2) is 4.79 Å². The maximum Gasteiger partial charge on any atom is 0.396 e. The summed E-state index contributed by atoms with van der Waals surface area (Å²) < 4.78 is 5.97. The van der Waals surface area contributed by atoms with E-state index in [0.29, 0.717) is 15.7 Å². The van der Waals surface area contributed by atoms with E-state index >= 15 is 0 Å². The van der Waals surface area contributed by atoms with Crippen LogP contribution in [-0.4, -0.2) is 5.11 Å². The minimum atomic E-state index is -0.352. The molecule has 0 spiro atoms. The second kappa shape index (κ2) is 3.59. The van der Waals surface area contributed by atoms with Crippen LogP contribution in [0.5, 0.6) is 5.75 Å². The Labute approximate surface area is 111 Å². The first-order valence-electron chi connectivity index (χ1n) is 5.81. The van der Waals surface area contributed by atoms with Crippen LogP contribution in [0.2, 0.25) is 0 Å². The molecule has 3 nitrogen and oxygen atoms in total. The van der Waals surface area contributed by atoms with Crippen molar-refractivity contribution < 1.29 is 9.52 Å². The Hall–Kier alpha value is -2.33. The molecule has 0 unspecified atom stereocenters. The first-order chi connectivity index (χ1) is 9.24. The molecule has 4 aromatic rings. The van der Waals surface area contributed by atoms with Gasteiger partial charge in [0.2, 0.25) is 0 Å². The third-order valence-electron chi connectivity index (χ3n) is 3.30. The van der Waals surface area contributed by atoms with Crippen LogP contribution in [0, 0.1) is 0 Å². The molecule has 4 heteroatoms. The Morgan fingerprint density at radius 1 is 1.05 bits per heavy atom. The lowest BCUT2D eigenvalue weighted by Gasteiger charge is -2.05. The molecule has 0 saturated carbocycles. The van der Waals surface area contributed by atoms with Crippen LogP contribution >= 0.6 is 11.3 Å². The van der Waals surface area contributed by atoms with Crippen molar-refractivity contribution >= 4 is 43.2 Å². The Balaban J connectivity index is 2.43. The van der Waals surface area contributed by atoms with Crippen molar-refractivity contribution in [3.8, 4) is 5.75 Å². The first-order valence-corrected chi connectivity index (χ1v) is 6.63. The fourth-order valence-electron chi connectivity index (χ4n) is 2.49. The minimum absolute atomic E-state index is 0.172. The van der Waals surface area contributed by atoms with Crippen LogP contribution in [0.15, 0.2) is 51.7 Å². The molecule has 0 amide bonds. The van der Waals surface area contributed by atoms with Gasteiger partial charge in [-0.05, 0) is 16.8 Å². The van der Waals surface area contributed by atoms with Crippen molar-refractivity contribution in [2.75, 3.05) is 0 Å². The van der Waals surface area contributed by atoms with Gasteiger partial charge in [0.1, 0.15) is 5.75 Å². The van der Waals surface area contributed by atoms with Gasteiger partial charge >= 0.3 is 4.94 Å². The zero-order chi connectivity index (χ0) is 13.0. The van der Waals surface area contributed by atoms with Gasteiger partial charge in [-0.1, -0.05) is 41.7 Å². The van der Waals surface area contributed by atoms with E-state index in [0.717, 1.165) is 27.5 Å². The van der Waals surface area contributed by atoms with Crippen molar-refractivity contribution in [1.82, 2.24) is 0 Å². The Morgan fingerprint density at radius 2 is 1.89 bits per heavy atom. The molecule has 0 aliphatic heterocycles. The molecule has 1 N–H and O–H groups in total. The molecular formula is C15H8O3S. The van der Waals surface area contributed by atoms with Crippen LogP contribution in [0.4, 0.5) is 0 Å². The second-order valence-electron chi connectivity index (χ2n) is 4.39. The summed E-state index contributed by atoms with van der Waals surface area (Å²) >= 11 is 1.01. The van der Waals surface area contributed by atoms with Crippen LogP contribution in [-0.2, 0) is 0 Å². The highest BCUT2D eigenvalue weighted by atomic mass is 32.1. The highest BCUT2D eigenvalue weighted by molar-refractivity contribution is 7.16. The van der Waals surface area contributed by atoms with Gasteiger partial charge in [0, 0.05) is 16.8 Å². The third kappa shape index (κ3) is 1.40. The first kappa shape index (κ1) is 10.6. The highest BCUT2D eigenvalue weighted by Gasteiger charge is 2.13. The number of phenols is 1. The number of phenolic OH excluding ortho intramolecular Hbond substituents is 1. The number of hydrogen-bond acceptors (Lipinski definition) is 4. The van der Waals surface area contributed by atoms with Crippen LogP contribution < -0.4 is 4.94 Å². The standard InChI is InChI=1S/C15H8O3S/c16-11-7-12-14(18-15(17)19-12)13-9-4-2-1-3-8(9)5-6-10(11)13/h1-7,16H. The van der Waals surface area contributed by atoms with Crippen LogP contribution in [0.1, 0.15) is 0 Å². The third-order valence-corrected chi connectivity index (χ3v) is 4.08. The Bertz CT molecular complexity index is 995. The molecule has 0 atom stereocenters. The highest BCUT2D eigenvalue weighted by Crippen LogP contribution is 2.38. The average Bonchev–Trinajstić information content (AvgIpc) is 2.78. The molecule has 0 radical (unpaired) electrons. The van der Waals surface area contributed by atoms with Gasteiger partial charge in [-0.3, -0.25) is 0 Å². The summed E-state index contributed by atoms with van der Waals surface area (Å²) in [6.45, 7) is 0. The number of rotatable bonds is 0. The lowest BCUT2D eigenvalue weighted by Crippen LogP contribution is -1.81. The van der Waals surface area contributed by atoms with Gasteiger partial charge in [-0.2, -0.15) is 0 Å². The summed E-state index contributed by atoms with van der Waals surface area (Å²) in [6, 6.07) is 13.2.